The molecule has 0 unspecified atom stereocenters. The maximum atomic E-state index is 12.6. The molecule has 2 amide bonds. The smallest absolute Gasteiger partial charge is 0.242 e. The Morgan fingerprint density at radius 2 is 1.85 bits per heavy atom. The van der Waals surface area contributed by atoms with Crippen molar-refractivity contribution in [2.24, 2.45) is 0 Å². The second-order valence-electron chi connectivity index (χ2n) is 6.34. The monoisotopic (exact) mass is 390 g/mol. The number of hydrogen-bond donors (Lipinski definition) is 1. The highest BCUT2D eigenvalue weighted by Gasteiger charge is 2.35. The van der Waals surface area contributed by atoms with E-state index in [0.717, 1.165) is 11.1 Å². The van der Waals surface area contributed by atoms with E-state index < -0.39 is 6.04 Å². The molecular formula is C20H20Cl2N2O2. The van der Waals surface area contributed by atoms with Crippen LogP contribution in [0.1, 0.15) is 24.0 Å². The molecular weight excluding hydrogens is 371 g/mol. The molecule has 3 rings (SSSR count). The van der Waals surface area contributed by atoms with E-state index in [4.69, 9.17) is 23.2 Å². The minimum atomic E-state index is -0.441. The third-order valence-corrected chi connectivity index (χ3v) is 5.18. The van der Waals surface area contributed by atoms with Crippen LogP contribution < -0.4 is 5.32 Å². The summed E-state index contributed by atoms with van der Waals surface area (Å²) in [6.07, 6.45) is 1.64. The summed E-state index contributed by atoms with van der Waals surface area (Å²) in [5.74, 6) is -0.125. The fourth-order valence-corrected chi connectivity index (χ4v) is 3.44. The van der Waals surface area contributed by atoms with Crippen molar-refractivity contribution in [3.8, 4) is 0 Å². The first-order valence-corrected chi connectivity index (χ1v) is 9.35. The second-order valence-corrected chi connectivity index (χ2v) is 7.18. The summed E-state index contributed by atoms with van der Waals surface area (Å²) in [5, 5.41) is 4.24. The number of likely N-dealkylation sites (tertiary alicyclic amines) is 1. The van der Waals surface area contributed by atoms with Crippen molar-refractivity contribution in [3.63, 3.8) is 0 Å². The lowest BCUT2D eigenvalue weighted by Crippen LogP contribution is -2.44. The summed E-state index contributed by atoms with van der Waals surface area (Å²) >= 11 is 12.1. The largest absolute Gasteiger partial charge is 0.354 e. The van der Waals surface area contributed by atoms with Gasteiger partial charge in [-0.3, -0.25) is 9.59 Å². The number of nitrogens with zero attached hydrogens (tertiary/aromatic N) is 1. The first-order chi connectivity index (χ1) is 12.5. The lowest BCUT2D eigenvalue weighted by molar-refractivity contribution is -0.135. The number of halogens is 2. The quantitative estimate of drug-likeness (QED) is 0.814. The number of amides is 2. The van der Waals surface area contributed by atoms with Gasteiger partial charge < -0.3 is 10.2 Å². The Labute approximate surface area is 163 Å². The van der Waals surface area contributed by atoms with Crippen molar-refractivity contribution < 1.29 is 9.59 Å². The molecule has 0 aromatic heterocycles. The van der Waals surface area contributed by atoms with Crippen LogP contribution in [0.3, 0.4) is 0 Å². The van der Waals surface area contributed by atoms with Crippen molar-refractivity contribution in [2.75, 3.05) is 6.54 Å². The van der Waals surface area contributed by atoms with Crippen LogP contribution in [-0.4, -0.2) is 29.3 Å². The molecule has 26 heavy (non-hydrogen) atoms. The summed E-state index contributed by atoms with van der Waals surface area (Å²) in [4.78, 5) is 26.4. The predicted molar refractivity (Wildman–Crippen MR) is 103 cm³/mol. The summed E-state index contributed by atoms with van der Waals surface area (Å²) in [6, 6.07) is 14.5. The maximum Gasteiger partial charge on any atom is 0.242 e. The summed E-state index contributed by atoms with van der Waals surface area (Å²) in [7, 11) is 0. The molecule has 0 bridgehead atoms. The van der Waals surface area contributed by atoms with E-state index in [0.29, 0.717) is 42.4 Å². The fourth-order valence-electron chi connectivity index (χ4n) is 3.11. The Bertz CT molecular complexity index is 793. The third kappa shape index (κ3) is 4.57. The van der Waals surface area contributed by atoms with Gasteiger partial charge in [-0.05, 0) is 42.2 Å². The zero-order valence-corrected chi connectivity index (χ0v) is 15.8. The second kappa shape index (κ2) is 8.56. The van der Waals surface area contributed by atoms with Gasteiger partial charge in [-0.1, -0.05) is 53.5 Å². The van der Waals surface area contributed by atoms with Crippen LogP contribution in [0.2, 0.25) is 10.0 Å². The Morgan fingerprint density at radius 1 is 1.12 bits per heavy atom. The number of carbonyl (C=O) groups excluding carboxylic acids is 2. The van der Waals surface area contributed by atoms with Gasteiger partial charge in [-0.25, -0.2) is 0 Å². The molecule has 0 radical (unpaired) electrons. The van der Waals surface area contributed by atoms with Crippen molar-refractivity contribution in [3.05, 3.63) is 69.7 Å². The normalized spacial score (nSPS) is 16.8. The SMILES string of the molecule is O=C(NCCc1ccc(Cl)cc1)[C@H]1CCC(=O)N1Cc1ccccc1Cl. The van der Waals surface area contributed by atoms with E-state index in [9.17, 15) is 9.59 Å². The first kappa shape index (κ1) is 18.7. The Hall–Kier alpha value is -2.04. The molecule has 0 aliphatic carbocycles. The van der Waals surface area contributed by atoms with Crippen molar-refractivity contribution in [1.29, 1.82) is 0 Å². The van der Waals surface area contributed by atoms with Gasteiger partial charge in [0.2, 0.25) is 11.8 Å². The predicted octanol–water partition coefficient (Wildman–Crippen LogP) is 3.84. The van der Waals surface area contributed by atoms with Gasteiger partial charge in [0.05, 0.1) is 0 Å². The summed E-state index contributed by atoms with van der Waals surface area (Å²) in [5.41, 5.74) is 1.95. The molecule has 1 heterocycles. The Balaban J connectivity index is 1.57. The van der Waals surface area contributed by atoms with Crippen LogP contribution >= 0.6 is 23.2 Å². The van der Waals surface area contributed by atoms with Crippen LogP contribution in [0.4, 0.5) is 0 Å². The summed E-state index contributed by atoms with van der Waals surface area (Å²) in [6.45, 7) is 0.874. The highest BCUT2D eigenvalue weighted by atomic mass is 35.5. The number of hydrogen-bond acceptors (Lipinski definition) is 2. The van der Waals surface area contributed by atoms with Crippen molar-refractivity contribution in [2.45, 2.75) is 31.8 Å². The van der Waals surface area contributed by atoms with Crippen LogP contribution in [0.25, 0.3) is 0 Å². The van der Waals surface area contributed by atoms with Gasteiger partial charge >= 0.3 is 0 Å². The van der Waals surface area contributed by atoms with Crippen LogP contribution in [-0.2, 0) is 22.6 Å². The number of rotatable bonds is 6. The fraction of sp³-hybridized carbons (Fsp3) is 0.300. The van der Waals surface area contributed by atoms with Crippen molar-refractivity contribution >= 4 is 35.0 Å². The number of benzene rings is 2. The lowest BCUT2D eigenvalue weighted by Gasteiger charge is -2.24. The van der Waals surface area contributed by atoms with Gasteiger partial charge in [-0.15, -0.1) is 0 Å². The van der Waals surface area contributed by atoms with Crippen LogP contribution in [0.5, 0.6) is 0 Å². The molecule has 1 aliphatic rings. The van der Waals surface area contributed by atoms with Gasteiger partial charge in [0, 0.05) is 29.6 Å². The number of carbonyl (C=O) groups is 2. The molecule has 1 saturated heterocycles. The van der Waals surface area contributed by atoms with Crippen LogP contribution in [0, 0.1) is 0 Å². The van der Waals surface area contributed by atoms with E-state index in [-0.39, 0.29) is 11.8 Å². The van der Waals surface area contributed by atoms with Gasteiger partial charge in [0.1, 0.15) is 6.04 Å². The van der Waals surface area contributed by atoms with Gasteiger partial charge in [-0.2, -0.15) is 0 Å². The first-order valence-electron chi connectivity index (χ1n) is 8.59. The molecule has 4 nitrogen and oxygen atoms in total. The lowest BCUT2D eigenvalue weighted by atomic mass is 10.1. The zero-order valence-electron chi connectivity index (χ0n) is 14.3. The molecule has 1 fully saturated rings. The van der Waals surface area contributed by atoms with Gasteiger partial charge in [0.15, 0.2) is 0 Å². The van der Waals surface area contributed by atoms with E-state index in [1.165, 1.54) is 0 Å². The van der Waals surface area contributed by atoms with Crippen LogP contribution in [0.15, 0.2) is 48.5 Å². The van der Waals surface area contributed by atoms with Crippen molar-refractivity contribution in [1.82, 2.24) is 10.2 Å². The molecule has 2 aromatic rings. The minimum absolute atomic E-state index is 0.0113. The summed E-state index contributed by atoms with van der Waals surface area (Å²) < 4.78 is 0. The molecule has 0 spiro atoms. The number of nitrogens with one attached hydrogen (secondary N) is 1. The minimum Gasteiger partial charge on any atom is -0.354 e. The Morgan fingerprint density at radius 3 is 2.58 bits per heavy atom. The zero-order chi connectivity index (χ0) is 18.5. The van der Waals surface area contributed by atoms with Gasteiger partial charge in [0.25, 0.3) is 0 Å². The standard InChI is InChI=1S/C20H20Cl2N2O2/c21-16-7-5-14(6-8-16)11-12-23-20(26)18-9-10-19(25)24(18)13-15-3-1-2-4-17(15)22/h1-8,18H,9-13H2,(H,23,26)/t18-/m1/s1. The van der Waals surface area contributed by atoms with E-state index in [1.807, 2.05) is 42.5 Å². The molecule has 136 valence electrons. The molecule has 1 atom stereocenters. The average Bonchev–Trinajstić information content (AvgIpc) is 2.99. The third-order valence-electron chi connectivity index (χ3n) is 4.56. The molecule has 1 N–H and O–H groups in total. The maximum absolute atomic E-state index is 12.6. The van der Waals surface area contributed by atoms with E-state index in [2.05, 4.69) is 5.32 Å². The molecule has 0 saturated carbocycles. The average molecular weight is 391 g/mol. The topological polar surface area (TPSA) is 49.4 Å². The van der Waals surface area contributed by atoms with E-state index >= 15 is 0 Å². The van der Waals surface area contributed by atoms with E-state index in [1.54, 1.807) is 11.0 Å². The molecule has 1 aliphatic heterocycles. The molecule has 6 heteroatoms. The highest BCUT2D eigenvalue weighted by molar-refractivity contribution is 6.31. The Kier molecular flexibility index (Phi) is 6.17. The highest BCUT2D eigenvalue weighted by Crippen LogP contribution is 2.24. The molecule has 2 aromatic carbocycles.